The molecule has 11 nitrogen and oxygen atoms in total. The van der Waals surface area contributed by atoms with Crippen molar-refractivity contribution in [3.05, 3.63) is 72.1 Å². The van der Waals surface area contributed by atoms with Crippen molar-refractivity contribution < 1.29 is 38.2 Å². The van der Waals surface area contributed by atoms with Gasteiger partial charge in [0, 0.05) is 37.2 Å². The topological polar surface area (TPSA) is 166 Å². The third-order valence-corrected chi connectivity index (χ3v) is 5.24. The Morgan fingerprint density at radius 3 is 2.03 bits per heavy atom. The second-order valence-corrected chi connectivity index (χ2v) is 8.32. The van der Waals surface area contributed by atoms with E-state index in [4.69, 9.17) is 15.4 Å². The van der Waals surface area contributed by atoms with Crippen LogP contribution in [0.2, 0.25) is 0 Å². The lowest BCUT2D eigenvalue weighted by Crippen LogP contribution is -2.14. The quantitative estimate of drug-likeness (QED) is 0.253. The van der Waals surface area contributed by atoms with E-state index >= 15 is 0 Å². The van der Waals surface area contributed by atoms with Crippen molar-refractivity contribution in [2.75, 3.05) is 14.1 Å². The number of amides is 1. The van der Waals surface area contributed by atoms with E-state index in [1.807, 2.05) is 19.0 Å². The molecule has 1 amide bonds. The van der Waals surface area contributed by atoms with E-state index < -0.39 is 27.9 Å². The molecule has 2 rings (SSSR count). The highest BCUT2D eigenvalue weighted by atomic mass is 32.2. The maximum Gasteiger partial charge on any atom is 0.328 e. The van der Waals surface area contributed by atoms with Gasteiger partial charge in [0.2, 0.25) is 0 Å². The lowest BCUT2D eigenvalue weighted by Gasteiger charge is -2.10. The van der Waals surface area contributed by atoms with Gasteiger partial charge < -0.3 is 15.1 Å². The van der Waals surface area contributed by atoms with Gasteiger partial charge >= 0.3 is 11.9 Å². The maximum absolute atomic E-state index is 12.6. The fourth-order valence-corrected chi connectivity index (χ4v) is 3.45. The number of carbonyl (C=O) groups excluding carboxylic acids is 1. The van der Waals surface area contributed by atoms with E-state index in [0.717, 1.165) is 22.2 Å². The largest absolute Gasteiger partial charge is 0.478 e. The monoisotopic (exact) mass is 465 g/mol. The summed E-state index contributed by atoms with van der Waals surface area (Å²) in [5.41, 5.74) is 3.00. The standard InChI is InChI=1S/C16H19N3O4S.C4H4O4/c1-18(2)11-13-3-6-15(7-4-13)24(22,23)19-10-9-14(12-19)5-8-16(20)17-21;5-3(6)1-2-4(7)8/h3-10,12,21H,11H2,1-2H3,(H,17,20);1-2H,(H,5,6)(H,7,8)/b8-5+;2-1+. The molecule has 2 aromatic rings. The van der Waals surface area contributed by atoms with Gasteiger partial charge in [-0.2, -0.15) is 0 Å². The molecule has 12 heteroatoms. The zero-order valence-electron chi connectivity index (χ0n) is 17.2. The number of hydroxylamine groups is 1. The normalized spacial score (nSPS) is 11.4. The van der Waals surface area contributed by atoms with Crippen LogP contribution in [-0.2, 0) is 31.0 Å². The van der Waals surface area contributed by atoms with E-state index in [1.165, 1.54) is 23.9 Å². The Morgan fingerprint density at radius 2 is 1.56 bits per heavy atom. The average molecular weight is 465 g/mol. The molecule has 32 heavy (non-hydrogen) atoms. The first kappa shape index (κ1) is 26.3. The molecule has 0 aliphatic rings. The van der Waals surface area contributed by atoms with E-state index in [1.54, 1.807) is 30.3 Å². The molecule has 0 spiro atoms. The first-order valence-corrected chi connectivity index (χ1v) is 10.3. The van der Waals surface area contributed by atoms with E-state index in [0.29, 0.717) is 17.7 Å². The summed E-state index contributed by atoms with van der Waals surface area (Å²) < 4.78 is 26.3. The van der Waals surface area contributed by atoms with Crippen molar-refractivity contribution in [3.8, 4) is 0 Å². The SMILES string of the molecule is CN(C)Cc1ccc(S(=O)(=O)n2ccc(/C=C/C(=O)NO)c2)cc1.O=C(O)/C=C/C(=O)O. The smallest absolute Gasteiger partial charge is 0.328 e. The second kappa shape index (κ2) is 12.2. The number of rotatable bonds is 8. The highest BCUT2D eigenvalue weighted by Crippen LogP contribution is 2.17. The first-order valence-electron chi connectivity index (χ1n) is 8.89. The number of carboxylic acids is 2. The lowest BCUT2D eigenvalue weighted by molar-refractivity contribution is -0.134. The van der Waals surface area contributed by atoms with Gasteiger partial charge in [-0.25, -0.2) is 27.5 Å². The second-order valence-electron chi connectivity index (χ2n) is 6.48. The highest BCUT2D eigenvalue weighted by Gasteiger charge is 2.16. The molecule has 0 saturated carbocycles. The van der Waals surface area contributed by atoms with Crippen molar-refractivity contribution in [1.29, 1.82) is 0 Å². The summed E-state index contributed by atoms with van der Waals surface area (Å²) in [6.07, 6.45) is 6.41. The minimum atomic E-state index is -3.69. The number of aliphatic carboxylic acids is 2. The van der Waals surface area contributed by atoms with Crippen molar-refractivity contribution in [3.63, 3.8) is 0 Å². The van der Waals surface area contributed by atoms with Crippen LogP contribution in [0.3, 0.4) is 0 Å². The van der Waals surface area contributed by atoms with Crippen LogP contribution in [0.5, 0.6) is 0 Å². The summed E-state index contributed by atoms with van der Waals surface area (Å²) in [6, 6.07) is 8.26. The Kier molecular flexibility index (Phi) is 10.0. The molecule has 1 heterocycles. The molecule has 0 unspecified atom stereocenters. The summed E-state index contributed by atoms with van der Waals surface area (Å²) in [4.78, 5) is 32.2. The molecule has 0 bridgehead atoms. The number of benzene rings is 1. The molecular weight excluding hydrogens is 442 g/mol. The molecule has 0 atom stereocenters. The first-order chi connectivity index (χ1) is 14.9. The third kappa shape index (κ3) is 8.95. The minimum Gasteiger partial charge on any atom is -0.478 e. The fraction of sp³-hybridized carbons (Fsp3) is 0.150. The highest BCUT2D eigenvalue weighted by molar-refractivity contribution is 7.90. The molecule has 0 aliphatic heterocycles. The molecular formula is C20H23N3O8S. The van der Waals surface area contributed by atoms with Gasteiger partial charge in [0.15, 0.2) is 0 Å². The number of hydrogen-bond donors (Lipinski definition) is 4. The van der Waals surface area contributed by atoms with Crippen molar-refractivity contribution in [2.45, 2.75) is 11.4 Å². The lowest BCUT2D eigenvalue weighted by atomic mass is 10.2. The number of carbonyl (C=O) groups is 3. The number of hydrogen-bond acceptors (Lipinski definition) is 7. The number of nitrogens with zero attached hydrogens (tertiary/aromatic N) is 2. The summed E-state index contributed by atoms with van der Waals surface area (Å²) in [5, 5.41) is 24.0. The van der Waals surface area contributed by atoms with Crippen LogP contribution in [-0.4, -0.2) is 64.7 Å². The Hall–Kier alpha value is -3.74. The Morgan fingerprint density at radius 1 is 1.00 bits per heavy atom. The van der Waals surface area contributed by atoms with Crippen LogP contribution >= 0.6 is 0 Å². The predicted octanol–water partition coefficient (Wildman–Crippen LogP) is 1.02. The van der Waals surface area contributed by atoms with E-state index in [2.05, 4.69) is 0 Å². The molecule has 0 saturated heterocycles. The summed E-state index contributed by atoms with van der Waals surface area (Å²) in [7, 11) is 0.194. The molecule has 4 N–H and O–H groups in total. The van der Waals surface area contributed by atoms with Gasteiger partial charge in [-0.1, -0.05) is 12.1 Å². The van der Waals surface area contributed by atoms with Gasteiger partial charge in [0.05, 0.1) is 4.90 Å². The number of aromatic nitrogens is 1. The summed E-state index contributed by atoms with van der Waals surface area (Å²) >= 11 is 0. The molecule has 172 valence electrons. The van der Waals surface area contributed by atoms with E-state index in [-0.39, 0.29) is 4.90 Å². The van der Waals surface area contributed by atoms with E-state index in [9.17, 15) is 22.8 Å². The Balaban J connectivity index is 0.000000547. The van der Waals surface area contributed by atoms with Gasteiger partial charge in [-0.3, -0.25) is 10.0 Å². The molecule has 0 aliphatic carbocycles. The minimum absolute atomic E-state index is 0.184. The van der Waals surface area contributed by atoms with Gasteiger partial charge in [0.25, 0.3) is 15.9 Å². The number of carboxylic acid groups (broad SMARTS) is 2. The van der Waals surface area contributed by atoms with Crippen molar-refractivity contribution >= 4 is 33.9 Å². The zero-order chi connectivity index (χ0) is 24.3. The van der Waals surface area contributed by atoms with Crippen molar-refractivity contribution in [1.82, 2.24) is 14.4 Å². The summed E-state index contributed by atoms with van der Waals surface area (Å²) in [6.45, 7) is 0.728. The average Bonchev–Trinajstić information content (AvgIpc) is 3.21. The van der Waals surface area contributed by atoms with Gasteiger partial charge in [0.1, 0.15) is 0 Å². The molecule has 0 fully saturated rings. The molecule has 0 radical (unpaired) electrons. The van der Waals surface area contributed by atoms with Crippen LogP contribution < -0.4 is 5.48 Å². The fourth-order valence-electron chi connectivity index (χ4n) is 2.25. The van der Waals surface area contributed by atoms with Crippen LogP contribution in [0, 0.1) is 0 Å². The Labute approximate surface area is 184 Å². The summed E-state index contributed by atoms with van der Waals surface area (Å²) in [5.74, 6) is -3.21. The van der Waals surface area contributed by atoms with Gasteiger partial charge in [-0.05, 0) is 49.5 Å². The third-order valence-electron chi connectivity index (χ3n) is 3.59. The molecule has 1 aromatic carbocycles. The van der Waals surface area contributed by atoms with Gasteiger partial charge in [-0.15, -0.1) is 0 Å². The Bertz CT molecular complexity index is 1080. The number of nitrogens with one attached hydrogen (secondary N) is 1. The van der Waals surface area contributed by atoms with Crippen LogP contribution in [0.15, 0.2) is 65.8 Å². The maximum atomic E-state index is 12.6. The van der Waals surface area contributed by atoms with Crippen molar-refractivity contribution in [2.24, 2.45) is 0 Å². The molecule has 1 aromatic heterocycles. The van der Waals surface area contributed by atoms with Crippen LogP contribution in [0.25, 0.3) is 6.08 Å². The van der Waals surface area contributed by atoms with Crippen LogP contribution in [0.4, 0.5) is 0 Å². The zero-order valence-corrected chi connectivity index (χ0v) is 18.1. The van der Waals surface area contributed by atoms with Crippen LogP contribution in [0.1, 0.15) is 11.1 Å². The predicted molar refractivity (Wildman–Crippen MR) is 114 cm³/mol.